The van der Waals surface area contributed by atoms with Gasteiger partial charge >= 0.3 is 6.18 Å². The molecule has 0 atom stereocenters. The lowest BCUT2D eigenvalue weighted by Gasteiger charge is -2.17. The largest absolute Gasteiger partial charge is 0.411 e. The van der Waals surface area contributed by atoms with Gasteiger partial charge in [0.2, 0.25) is 5.91 Å². The second-order valence-corrected chi connectivity index (χ2v) is 5.41. The Bertz CT molecular complexity index is 517. The number of nitrogens with zero attached hydrogens (tertiary/aromatic N) is 2. The van der Waals surface area contributed by atoms with E-state index in [4.69, 9.17) is 0 Å². The zero-order valence-corrected chi connectivity index (χ0v) is 12.7. The maximum absolute atomic E-state index is 11.9. The number of nitrogens with one attached hydrogen (secondary N) is 1. The van der Waals surface area contributed by atoms with Crippen molar-refractivity contribution in [3.05, 3.63) is 23.9 Å². The van der Waals surface area contributed by atoms with Crippen molar-refractivity contribution in [3.63, 3.8) is 0 Å². The Morgan fingerprint density at radius 1 is 1.35 bits per heavy atom. The highest BCUT2D eigenvalue weighted by molar-refractivity contribution is 5.75. The Balaban J connectivity index is 1.70. The summed E-state index contributed by atoms with van der Waals surface area (Å²) < 4.78 is 40.0. The maximum Gasteiger partial charge on any atom is 0.411 e. The summed E-state index contributed by atoms with van der Waals surface area (Å²) in [5.41, 5.74) is 0.909. The molecule has 1 fully saturated rings. The molecule has 0 bridgehead atoms. The molecular weight excluding hydrogens is 311 g/mol. The lowest BCUT2D eigenvalue weighted by atomic mass is 10.2. The second-order valence-electron chi connectivity index (χ2n) is 5.41. The first kappa shape index (κ1) is 17.5. The predicted octanol–water partition coefficient (Wildman–Crippen LogP) is 2.27. The molecule has 8 heteroatoms. The van der Waals surface area contributed by atoms with E-state index in [-0.39, 0.29) is 18.9 Å². The van der Waals surface area contributed by atoms with Crippen molar-refractivity contribution >= 4 is 11.7 Å². The van der Waals surface area contributed by atoms with Crippen molar-refractivity contribution < 1.29 is 22.7 Å². The van der Waals surface area contributed by atoms with Crippen LogP contribution in [0, 0.1) is 0 Å². The van der Waals surface area contributed by atoms with Crippen LogP contribution in [0.1, 0.15) is 24.8 Å². The van der Waals surface area contributed by atoms with Gasteiger partial charge in [-0.1, -0.05) is 0 Å². The maximum atomic E-state index is 11.9. The summed E-state index contributed by atoms with van der Waals surface area (Å²) in [5.74, 6) is 0.550. The molecule has 1 aromatic rings. The van der Waals surface area contributed by atoms with E-state index < -0.39 is 12.8 Å². The van der Waals surface area contributed by atoms with Crippen LogP contribution in [0.3, 0.4) is 0 Å². The molecule has 2 heterocycles. The van der Waals surface area contributed by atoms with Crippen LogP contribution in [0.4, 0.5) is 19.0 Å². The van der Waals surface area contributed by atoms with Crippen LogP contribution in [-0.4, -0.2) is 43.4 Å². The number of ether oxygens (including phenoxy) is 1. The van der Waals surface area contributed by atoms with Gasteiger partial charge in [-0.15, -0.1) is 0 Å². The van der Waals surface area contributed by atoms with Crippen LogP contribution >= 0.6 is 0 Å². The number of alkyl halides is 3. The van der Waals surface area contributed by atoms with Gasteiger partial charge in [0.15, 0.2) is 0 Å². The second kappa shape index (κ2) is 8.14. The van der Waals surface area contributed by atoms with Crippen LogP contribution in [0.15, 0.2) is 18.3 Å². The van der Waals surface area contributed by atoms with Crippen molar-refractivity contribution in [2.45, 2.75) is 32.0 Å². The lowest BCUT2D eigenvalue weighted by molar-refractivity contribution is -0.174. The van der Waals surface area contributed by atoms with Gasteiger partial charge in [0.05, 0.1) is 6.61 Å². The number of carbonyl (C=O) groups is 1. The first-order valence-electron chi connectivity index (χ1n) is 7.55. The molecule has 0 saturated carbocycles. The summed E-state index contributed by atoms with van der Waals surface area (Å²) in [6, 6.07) is 3.73. The summed E-state index contributed by atoms with van der Waals surface area (Å²) in [6.45, 7) is 0.713. The Morgan fingerprint density at radius 2 is 2.09 bits per heavy atom. The van der Waals surface area contributed by atoms with E-state index in [9.17, 15) is 18.0 Å². The molecule has 1 aliphatic rings. The van der Waals surface area contributed by atoms with Crippen molar-refractivity contribution in [1.82, 2.24) is 10.3 Å². The van der Waals surface area contributed by atoms with E-state index in [0.29, 0.717) is 6.54 Å². The highest BCUT2D eigenvalue weighted by Crippen LogP contribution is 2.18. The third-order valence-electron chi connectivity index (χ3n) is 3.47. The van der Waals surface area contributed by atoms with Gasteiger partial charge < -0.3 is 15.0 Å². The summed E-state index contributed by atoms with van der Waals surface area (Å²) in [7, 11) is 0. The van der Waals surface area contributed by atoms with Gasteiger partial charge in [-0.05, 0) is 30.5 Å². The molecule has 1 aliphatic heterocycles. The number of aromatic nitrogens is 1. The molecule has 0 spiro atoms. The average Bonchev–Trinajstić information content (AvgIpc) is 3.03. The number of carbonyl (C=O) groups excluding carboxylic acids is 1. The number of hydrogen-bond donors (Lipinski definition) is 1. The molecule has 0 unspecified atom stereocenters. The van der Waals surface area contributed by atoms with E-state index in [0.717, 1.165) is 37.3 Å². The molecular formula is C15H20F3N3O2. The van der Waals surface area contributed by atoms with E-state index in [1.54, 1.807) is 12.3 Å². The fourth-order valence-corrected chi connectivity index (χ4v) is 2.33. The van der Waals surface area contributed by atoms with Crippen LogP contribution < -0.4 is 10.2 Å². The molecule has 1 saturated heterocycles. The minimum Gasteiger partial charge on any atom is -0.372 e. The number of halogens is 3. The zero-order valence-electron chi connectivity index (χ0n) is 12.7. The normalized spacial score (nSPS) is 15.0. The molecule has 1 N–H and O–H groups in total. The van der Waals surface area contributed by atoms with Crippen molar-refractivity contribution in [3.8, 4) is 0 Å². The van der Waals surface area contributed by atoms with Crippen molar-refractivity contribution in [2.24, 2.45) is 0 Å². The molecule has 0 radical (unpaired) electrons. The summed E-state index contributed by atoms with van der Waals surface area (Å²) in [6.07, 6.45) is -0.456. The van der Waals surface area contributed by atoms with E-state index in [1.165, 1.54) is 0 Å². The Morgan fingerprint density at radius 3 is 2.78 bits per heavy atom. The minimum atomic E-state index is -4.36. The fourth-order valence-electron chi connectivity index (χ4n) is 2.33. The quantitative estimate of drug-likeness (QED) is 0.779. The Kier molecular flexibility index (Phi) is 6.20. The third kappa shape index (κ3) is 6.43. The average molecular weight is 331 g/mol. The molecule has 1 amide bonds. The van der Waals surface area contributed by atoms with E-state index in [1.807, 2.05) is 6.07 Å². The van der Waals surface area contributed by atoms with Crippen molar-refractivity contribution in [2.75, 3.05) is 31.2 Å². The van der Waals surface area contributed by atoms with Crippen LogP contribution in [-0.2, 0) is 16.1 Å². The van der Waals surface area contributed by atoms with E-state index >= 15 is 0 Å². The zero-order chi connectivity index (χ0) is 16.7. The SMILES string of the molecule is O=C(CCOCC(F)(F)F)NCc1ccnc(N2CCCC2)c1. The Labute approximate surface area is 132 Å². The van der Waals surface area contributed by atoms with Gasteiger partial charge in [0, 0.05) is 32.3 Å². The standard InChI is InChI=1S/C15H20F3N3O2/c16-15(17,18)11-23-8-4-14(22)20-10-12-3-5-19-13(9-12)21-6-1-2-7-21/h3,5,9H,1-2,4,6-8,10-11H2,(H,20,22). The number of rotatable bonds is 7. The van der Waals surface area contributed by atoms with Gasteiger partial charge in [0.25, 0.3) is 0 Å². The van der Waals surface area contributed by atoms with Gasteiger partial charge in [0.1, 0.15) is 12.4 Å². The van der Waals surface area contributed by atoms with Gasteiger partial charge in [-0.25, -0.2) is 4.98 Å². The summed E-state index contributed by atoms with van der Waals surface area (Å²) >= 11 is 0. The first-order chi connectivity index (χ1) is 10.9. The molecule has 0 aliphatic carbocycles. The molecule has 23 heavy (non-hydrogen) atoms. The van der Waals surface area contributed by atoms with Crippen molar-refractivity contribution in [1.29, 1.82) is 0 Å². The number of pyridine rings is 1. The van der Waals surface area contributed by atoms with Crippen LogP contribution in [0.5, 0.6) is 0 Å². The molecule has 128 valence electrons. The van der Waals surface area contributed by atoms with E-state index in [2.05, 4.69) is 19.9 Å². The fraction of sp³-hybridized carbons (Fsp3) is 0.600. The highest BCUT2D eigenvalue weighted by Gasteiger charge is 2.27. The first-order valence-corrected chi connectivity index (χ1v) is 7.55. The summed E-state index contributed by atoms with van der Waals surface area (Å²) in [4.78, 5) is 18.1. The molecule has 2 rings (SSSR count). The molecule has 0 aromatic carbocycles. The monoisotopic (exact) mass is 331 g/mol. The summed E-state index contributed by atoms with van der Waals surface area (Å²) in [5, 5.41) is 2.67. The lowest BCUT2D eigenvalue weighted by Crippen LogP contribution is -2.25. The molecule has 1 aromatic heterocycles. The third-order valence-corrected chi connectivity index (χ3v) is 3.47. The van der Waals surface area contributed by atoms with Gasteiger partial charge in [-0.2, -0.15) is 13.2 Å². The number of hydrogen-bond acceptors (Lipinski definition) is 4. The number of anilines is 1. The predicted molar refractivity (Wildman–Crippen MR) is 79.0 cm³/mol. The smallest absolute Gasteiger partial charge is 0.372 e. The van der Waals surface area contributed by atoms with Gasteiger partial charge in [-0.3, -0.25) is 4.79 Å². The van der Waals surface area contributed by atoms with Crippen LogP contribution in [0.2, 0.25) is 0 Å². The number of amides is 1. The van der Waals surface area contributed by atoms with Crippen LogP contribution in [0.25, 0.3) is 0 Å². The topological polar surface area (TPSA) is 54.5 Å². The molecule has 5 nitrogen and oxygen atoms in total. The highest BCUT2D eigenvalue weighted by atomic mass is 19.4. The Hall–Kier alpha value is -1.83. The minimum absolute atomic E-state index is 0.0971.